The van der Waals surface area contributed by atoms with Crippen LogP contribution in [0, 0.1) is 6.92 Å². The summed E-state index contributed by atoms with van der Waals surface area (Å²) < 4.78 is 4.40. The van der Waals surface area contributed by atoms with Gasteiger partial charge >= 0.3 is 0 Å². The average molecular weight is 369 g/mol. The fourth-order valence-corrected chi connectivity index (χ4v) is 3.09. The monoisotopic (exact) mass is 368 g/mol. The summed E-state index contributed by atoms with van der Waals surface area (Å²) in [6.45, 7) is 4.35. The first kappa shape index (κ1) is 15.9. The van der Waals surface area contributed by atoms with Crippen molar-refractivity contribution in [2.75, 3.05) is 0 Å². The lowest BCUT2D eigenvalue weighted by molar-refractivity contribution is 0.637. The van der Waals surface area contributed by atoms with Gasteiger partial charge in [-0.05, 0) is 41.4 Å². The van der Waals surface area contributed by atoms with Crippen LogP contribution < -0.4 is 11.3 Å². The molecule has 0 amide bonds. The normalized spacial score (nSPS) is 10.9. The molecular weight excluding hydrogens is 352 g/mol. The van der Waals surface area contributed by atoms with Crippen LogP contribution in [0.2, 0.25) is 0 Å². The van der Waals surface area contributed by atoms with Gasteiger partial charge in [0.25, 0.3) is 5.56 Å². The molecule has 0 aliphatic carbocycles. The molecule has 7 heteroatoms. The predicted molar refractivity (Wildman–Crippen MR) is 90.7 cm³/mol. The van der Waals surface area contributed by atoms with Crippen LogP contribution in [0.4, 0.5) is 0 Å². The summed E-state index contributed by atoms with van der Waals surface area (Å²) in [5.74, 6) is 0. The molecule has 0 aliphatic rings. The summed E-state index contributed by atoms with van der Waals surface area (Å²) in [6.07, 6.45) is 0.829. The highest BCUT2D eigenvalue weighted by Gasteiger charge is 2.15. The number of aromatic nitrogens is 3. The van der Waals surface area contributed by atoms with Gasteiger partial charge in [-0.3, -0.25) is 9.48 Å². The molecule has 0 saturated heterocycles. The van der Waals surface area contributed by atoms with Crippen LogP contribution >= 0.6 is 28.1 Å². The summed E-state index contributed by atoms with van der Waals surface area (Å²) >= 11 is 8.50. The zero-order valence-corrected chi connectivity index (χ0v) is 14.6. The van der Waals surface area contributed by atoms with E-state index in [1.165, 1.54) is 0 Å². The summed E-state index contributed by atoms with van der Waals surface area (Å²) in [5.41, 5.74) is 8.57. The Balaban J connectivity index is 2.55. The maximum atomic E-state index is 12.5. The van der Waals surface area contributed by atoms with E-state index < -0.39 is 0 Å². The van der Waals surface area contributed by atoms with E-state index in [-0.39, 0.29) is 10.5 Å². The Morgan fingerprint density at radius 1 is 1.48 bits per heavy atom. The predicted octanol–water partition coefficient (Wildman–Crippen LogP) is 1.90. The van der Waals surface area contributed by atoms with Crippen LogP contribution in [0.3, 0.4) is 0 Å². The van der Waals surface area contributed by atoms with Crippen LogP contribution in [0.5, 0.6) is 0 Å². The van der Waals surface area contributed by atoms with E-state index >= 15 is 0 Å². The fourth-order valence-electron chi connectivity index (χ4n) is 2.20. The Morgan fingerprint density at radius 2 is 2.14 bits per heavy atom. The number of aryl methyl sites for hydroxylation is 3. The SMILES string of the molecule is CCc1nn(C)c(Cn2c(C)ccc(C(N)=S)c2=O)c1Br. The summed E-state index contributed by atoms with van der Waals surface area (Å²) in [7, 11) is 1.87. The molecule has 0 fully saturated rings. The number of hydrogen-bond donors (Lipinski definition) is 1. The molecule has 0 spiro atoms. The van der Waals surface area contributed by atoms with Crippen molar-refractivity contribution >= 4 is 33.1 Å². The third-order valence-corrected chi connectivity index (χ3v) is 4.60. The second-order valence-corrected chi connectivity index (χ2v) is 6.06. The van der Waals surface area contributed by atoms with Crippen LogP contribution in [0.25, 0.3) is 0 Å². The van der Waals surface area contributed by atoms with Gasteiger partial charge < -0.3 is 10.3 Å². The largest absolute Gasteiger partial charge is 0.389 e. The first-order chi connectivity index (χ1) is 9.86. The van der Waals surface area contributed by atoms with Gasteiger partial charge in [0.05, 0.1) is 28.0 Å². The lowest BCUT2D eigenvalue weighted by Gasteiger charge is -2.12. The minimum atomic E-state index is -0.173. The molecule has 2 heterocycles. The Bertz CT molecular complexity index is 763. The average Bonchev–Trinajstić information content (AvgIpc) is 2.69. The Kier molecular flexibility index (Phi) is 4.63. The summed E-state index contributed by atoms with van der Waals surface area (Å²) in [6, 6.07) is 3.52. The van der Waals surface area contributed by atoms with E-state index in [2.05, 4.69) is 21.0 Å². The molecule has 0 saturated carbocycles. The number of hydrogen-bond acceptors (Lipinski definition) is 3. The first-order valence-electron chi connectivity index (χ1n) is 6.57. The van der Waals surface area contributed by atoms with E-state index in [4.69, 9.17) is 18.0 Å². The van der Waals surface area contributed by atoms with Crippen LogP contribution in [-0.2, 0) is 20.0 Å². The minimum absolute atomic E-state index is 0.118. The first-order valence-corrected chi connectivity index (χ1v) is 7.77. The fraction of sp³-hybridized carbons (Fsp3) is 0.357. The highest BCUT2D eigenvalue weighted by molar-refractivity contribution is 9.10. The topological polar surface area (TPSA) is 65.8 Å². The van der Waals surface area contributed by atoms with E-state index in [0.29, 0.717) is 12.1 Å². The quantitative estimate of drug-likeness (QED) is 0.836. The van der Waals surface area contributed by atoms with Gasteiger partial charge in [0.1, 0.15) is 4.99 Å². The third kappa shape index (κ3) is 2.94. The molecule has 0 radical (unpaired) electrons. The van der Waals surface area contributed by atoms with Gasteiger partial charge in [-0.1, -0.05) is 19.1 Å². The number of nitrogens with two attached hydrogens (primary N) is 1. The van der Waals surface area contributed by atoms with Crippen molar-refractivity contribution in [3.05, 3.63) is 49.6 Å². The maximum absolute atomic E-state index is 12.5. The molecular formula is C14H17BrN4OS. The zero-order valence-electron chi connectivity index (χ0n) is 12.2. The number of halogens is 1. The summed E-state index contributed by atoms with van der Waals surface area (Å²) in [4.78, 5) is 12.6. The van der Waals surface area contributed by atoms with Crippen molar-refractivity contribution in [3.63, 3.8) is 0 Å². The van der Waals surface area contributed by atoms with E-state index in [0.717, 1.165) is 28.0 Å². The Hall–Kier alpha value is -1.47. The van der Waals surface area contributed by atoms with Crippen molar-refractivity contribution < 1.29 is 0 Å². The number of nitrogens with zero attached hydrogens (tertiary/aromatic N) is 3. The molecule has 0 bridgehead atoms. The lowest BCUT2D eigenvalue weighted by atomic mass is 10.2. The van der Waals surface area contributed by atoms with Crippen molar-refractivity contribution in [3.8, 4) is 0 Å². The number of rotatable bonds is 4. The second-order valence-electron chi connectivity index (χ2n) is 4.83. The van der Waals surface area contributed by atoms with Gasteiger partial charge in [-0.25, -0.2) is 0 Å². The zero-order chi connectivity index (χ0) is 15.7. The summed E-state index contributed by atoms with van der Waals surface area (Å²) in [5, 5.41) is 4.45. The third-order valence-electron chi connectivity index (χ3n) is 3.47. The van der Waals surface area contributed by atoms with Crippen LogP contribution in [0.15, 0.2) is 21.4 Å². The molecule has 0 unspecified atom stereocenters. The number of thiocarbonyl (C=S) groups is 1. The highest BCUT2D eigenvalue weighted by atomic mass is 79.9. The van der Waals surface area contributed by atoms with Gasteiger partial charge in [-0.15, -0.1) is 0 Å². The molecule has 2 N–H and O–H groups in total. The van der Waals surface area contributed by atoms with E-state index in [1.807, 2.05) is 27.0 Å². The lowest BCUT2D eigenvalue weighted by Crippen LogP contribution is -2.31. The van der Waals surface area contributed by atoms with E-state index in [1.54, 1.807) is 15.3 Å². The molecule has 2 aromatic heterocycles. The van der Waals surface area contributed by atoms with Gasteiger partial charge in [0.2, 0.25) is 0 Å². The highest BCUT2D eigenvalue weighted by Crippen LogP contribution is 2.22. The molecule has 21 heavy (non-hydrogen) atoms. The molecule has 0 aromatic carbocycles. The molecule has 112 valence electrons. The molecule has 0 aliphatic heterocycles. The Morgan fingerprint density at radius 3 is 2.67 bits per heavy atom. The molecule has 2 rings (SSSR count). The van der Waals surface area contributed by atoms with Gasteiger partial charge in [0.15, 0.2) is 0 Å². The van der Waals surface area contributed by atoms with E-state index in [9.17, 15) is 4.79 Å². The smallest absolute Gasteiger partial charge is 0.261 e. The van der Waals surface area contributed by atoms with Crippen molar-refractivity contribution in [1.82, 2.24) is 14.3 Å². The molecule has 2 aromatic rings. The number of pyridine rings is 1. The standard InChI is InChI=1S/C14H17BrN4OS/c1-4-10-12(15)11(18(3)17-10)7-19-8(2)5-6-9(13(16)21)14(19)20/h5-6H,4,7H2,1-3H3,(H2,16,21). The van der Waals surface area contributed by atoms with Crippen molar-refractivity contribution in [2.24, 2.45) is 12.8 Å². The Labute approximate surface area is 136 Å². The van der Waals surface area contributed by atoms with Gasteiger partial charge in [0, 0.05) is 12.7 Å². The van der Waals surface area contributed by atoms with Crippen LogP contribution in [0.1, 0.15) is 29.6 Å². The van der Waals surface area contributed by atoms with Crippen LogP contribution in [-0.4, -0.2) is 19.3 Å². The van der Waals surface area contributed by atoms with Gasteiger partial charge in [-0.2, -0.15) is 5.10 Å². The molecule has 5 nitrogen and oxygen atoms in total. The maximum Gasteiger partial charge on any atom is 0.261 e. The molecule has 0 atom stereocenters. The van der Waals surface area contributed by atoms with Crippen molar-refractivity contribution in [1.29, 1.82) is 0 Å². The minimum Gasteiger partial charge on any atom is -0.389 e. The van der Waals surface area contributed by atoms with Crippen molar-refractivity contribution in [2.45, 2.75) is 26.8 Å². The second kappa shape index (κ2) is 6.11.